The van der Waals surface area contributed by atoms with Crippen molar-refractivity contribution in [2.75, 3.05) is 0 Å². The summed E-state index contributed by atoms with van der Waals surface area (Å²) in [6.45, 7) is 2.26. The molecule has 0 spiro atoms. The standard InChI is InChI=1S/C4H15B5/c1-2-3(5,6)4(7,8)9/h2,5-9H2,1H3. The predicted octanol–water partition coefficient (Wildman–Crippen LogP) is -3.25. The molecule has 0 saturated carbocycles. The smallest absolute Gasteiger partial charge is 0.0973 e. The van der Waals surface area contributed by atoms with Crippen LogP contribution in [0.3, 0.4) is 0 Å². The van der Waals surface area contributed by atoms with E-state index in [1.54, 1.807) is 0 Å². The van der Waals surface area contributed by atoms with Gasteiger partial charge in [0.15, 0.2) is 0 Å². The summed E-state index contributed by atoms with van der Waals surface area (Å²) < 4.78 is 0. The molecule has 0 aromatic heterocycles. The second kappa shape index (κ2) is 2.52. The zero-order chi connectivity index (χ0) is 7.71. The van der Waals surface area contributed by atoms with Gasteiger partial charge in [0.25, 0.3) is 0 Å². The molecule has 0 bridgehead atoms. The Kier molecular flexibility index (Phi) is 2.61. The molecule has 5 heteroatoms. The van der Waals surface area contributed by atoms with E-state index in [9.17, 15) is 0 Å². The topological polar surface area (TPSA) is 0 Å². The van der Waals surface area contributed by atoms with Gasteiger partial charge in [-0.05, 0) is 0 Å². The van der Waals surface area contributed by atoms with Crippen LogP contribution in [-0.2, 0) is 0 Å². The maximum atomic E-state index is 2.33. The third-order valence-electron chi connectivity index (χ3n) is 2.91. The minimum atomic E-state index is 0.446. The summed E-state index contributed by atoms with van der Waals surface area (Å²) >= 11 is 0. The second-order valence-corrected chi connectivity index (χ2v) is 4.49. The Morgan fingerprint density at radius 2 is 1.33 bits per heavy atom. The van der Waals surface area contributed by atoms with E-state index in [1.165, 1.54) is 6.42 Å². The molecule has 0 radical (unpaired) electrons. The molecule has 9 heavy (non-hydrogen) atoms. The van der Waals surface area contributed by atoms with Crippen LogP contribution in [0.25, 0.3) is 0 Å². The first kappa shape index (κ1) is 9.32. The lowest BCUT2D eigenvalue weighted by Crippen LogP contribution is -2.32. The van der Waals surface area contributed by atoms with Gasteiger partial charge in [0.1, 0.15) is 0 Å². The predicted molar refractivity (Wildman–Crippen MR) is 58.4 cm³/mol. The van der Waals surface area contributed by atoms with Crippen molar-refractivity contribution < 1.29 is 0 Å². The molecule has 0 nitrogen and oxygen atoms in total. The number of rotatable bonds is 2. The van der Waals surface area contributed by atoms with Gasteiger partial charge in [-0.1, -0.05) is 18.6 Å². The first-order valence-electron chi connectivity index (χ1n) is 3.81. The molecule has 0 aliphatic heterocycles. The minimum Gasteiger partial charge on any atom is -0.120 e. The van der Waals surface area contributed by atoms with E-state index >= 15 is 0 Å². The van der Waals surface area contributed by atoms with Gasteiger partial charge < -0.3 is 0 Å². The molecule has 0 aliphatic rings. The average Bonchev–Trinajstić information content (AvgIpc) is 1.64. The molecular weight excluding hydrogens is 102 g/mol. The SMILES string of the molecule is BC(B)(B)C(B)(B)CC. The zero-order valence-electron chi connectivity index (χ0n) is 7.71. The first-order valence-corrected chi connectivity index (χ1v) is 3.81. The van der Waals surface area contributed by atoms with Gasteiger partial charge in [-0.25, -0.2) is 0 Å². The number of hydrogen-bond acceptors (Lipinski definition) is 0. The quantitative estimate of drug-likeness (QED) is 0.333. The Morgan fingerprint density at radius 3 is 1.33 bits per heavy atom. The van der Waals surface area contributed by atoms with Crippen molar-refractivity contribution in [3.05, 3.63) is 0 Å². The lowest BCUT2D eigenvalue weighted by Gasteiger charge is -2.38. The van der Waals surface area contributed by atoms with Crippen LogP contribution >= 0.6 is 0 Å². The molecule has 0 amide bonds. The van der Waals surface area contributed by atoms with E-state index in [-0.39, 0.29) is 0 Å². The van der Waals surface area contributed by atoms with E-state index in [0.29, 0.717) is 10.3 Å². The highest BCUT2D eigenvalue weighted by Crippen LogP contribution is 2.40. The Hall–Kier alpha value is 0.325. The van der Waals surface area contributed by atoms with Gasteiger partial charge in [-0.15, -0.1) is 5.11 Å². The third-order valence-corrected chi connectivity index (χ3v) is 2.91. The summed E-state index contributed by atoms with van der Waals surface area (Å²) in [6, 6.07) is 0. The van der Waals surface area contributed by atoms with Gasteiger partial charge in [0.2, 0.25) is 0 Å². The Balaban J connectivity index is 4.14. The van der Waals surface area contributed by atoms with Gasteiger partial charge in [-0.3, -0.25) is 0 Å². The molecule has 0 aromatic rings. The average molecular weight is 117 g/mol. The summed E-state index contributed by atoms with van der Waals surface area (Å²) in [4.78, 5) is 0. The molecular formula is C4H15B5. The van der Waals surface area contributed by atoms with Crippen molar-refractivity contribution in [2.45, 2.75) is 23.7 Å². The largest absolute Gasteiger partial charge is 0.120 e. The maximum absolute atomic E-state index is 2.33. The molecule has 0 saturated heterocycles. The van der Waals surface area contributed by atoms with Crippen molar-refractivity contribution in [1.29, 1.82) is 0 Å². The summed E-state index contributed by atoms with van der Waals surface area (Å²) in [5.41, 5.74) is 0. The van der Waals surface area contributed by atoms with E-state index < -0.39 is 0 Å². The molecule has 0 rings (SSSR count). The van der Waals surface area contributed by atoms with Crippen LogP contribution in [0.1, 0.15) is 13.3 Å². The van der Waals surface area contributed by atoms with Crippen molar-refractivity contribution in [2.24, 2.45) is 0 Å². The lowest BCUT2D eigenvalue weighted by molar-refractivity contribution is 0.733. The maximum Gasteiger partial charge on any atom is 0.0973 e. The zero-order valence-corrected chi connectivity index (χ0v) is 7.71. The molecule has 0 N–H and O–H groups in total. The van der Waals surface area contributed by atoms with Crippen LogP contribution in [0.4, 0.5) is 0 Å². The van der Waals surface area contributed by atoms with Crippen molar-refractivity contribution in [3.63, 3.8) is 0 Å². The van der Waals surface area contributed by atoms with Gasteiger partial charge in [0.05, 0.1) is 39.2 Å². The fourth-order valence-corrected chi connectivity index (χ4v) is 0.530. The molecule has 0 aromatic carbocycles. The molecule has 46 valence electrons. The Bertz CT molecular complexity index is 91.6. The molecule has 0 aliphatic carbocycles. The summed E-state index contributed by atoms with van der Waals surface area (Å²) in [5, 5.41) is 0.925. The van der Waals surface area contributed by atoms with Gasteiger partial charge in [-0.2, -0.15) is 0 Å². The van der Waals surface area contributed by atoms with Crippen molar-refractivity contribution >= 4 is 39.2 Å². The molecule has 0 atom stereocenters. The summed E-state index contributed by atoms with van der Waals surface area (Å²) in [6.07, 6.45) is 1.26. The molecule has 0 fully saturated rings. The monoisotopic (exact) mass is 118 g/mol. The fraction of sp³-hybridized carbons (Fsp3) is 1.00. The molecule has 0 unspecified atom stereocenters. The highest BCUT2D eigenvalue weighted by atomic mass is 14.1. The van der Waals surface area contributed by atoms with Crippen molar-refractivity contribution in [3.8, 4) is 0 Å². The van der Waals surface area contributed by atoms with E-state index in [0.717, 1.165) is 0 Å². The Labute approximate surface area is 63.6 Å². The highest BCUT2D eigenvalue weighted by Gasteiger charge is 2.29. The van der Waals surface area contributed by atoms with Gasteiger partial charge in [0, 0.05) is 0 Å². The van der Waals surface area contributed by atoms with Crippen molar-refractivity contribution in [1.82, 2.24) is 0 Å². The minimum absolute atomic E-state index is 0.446. The normalized spacial score (nSPS) is 13.4. The fourth-order valence-electron chi connectivity index (χ4n) is 0.530. The Morgan fingerprint density at radius 1 is 1.00 bits per heavy atom. The number of hydrogen-bond donors (Lipinski definition) is 0. The molecule has 0 heterocycles. The van der Waals surface area contributed by atoms with Crippen LogP contribution in [0.5, 0.6) is 0 Å². The first-order chi connectivity index (χ1) is 3.81. The lowest BCUT2D eigenvalue weighted by atomic mass is 9.23. The van der Waals surface area contributed by atoms with Gasteiger partial charge >= 0.3 is 0 Å². The summed E-state index contributed by atoms with van der Waals surface area (Å²) in [7, 11) is 11.6. The van der Waals surface area contributed by atoms with Crippen LogP contribution in [0.15, 0.2) is 0 Å². The highest BCUT2D eigenvalue weighted by molar-refractivity contribution is 6.67. The van der Waals surface area contributed by atoms with Crippen LogP contribution in [0.2, 0.25) is 10.3 Å². The van der Waals surface area contributed by atoms with Crippen LogP contribution in [0, 0.1) is 0 Å². The van der Waals surface area contributed by atoms with Crippen LogP contribution < -0.4 is 0 Å². The second-order valence-electron chi connectivity index (χ2n) is 4.49. The van der Waals surface area contributed by atoms with E-state index in [4.69, 9.17) is 0 Å². The van der Waals surface area contributed by atoms with Crippen LogP contribution in [-0.4, -0.2) is 39.2 Å². The summed E-state index contributed by atoms with van der Waals surface area (Å²) in [5.74, 6) is 0. The van der Waals surface area contributed by atoms with E-state index in [2.05, 4.69) is 46.2 Å². The van der Waals surface area contributed by atoms with E-state index in [1.807, 2.05) is 0 Å². The third kappa shape index (κ3) is 2.19.